The van der Waals surface area contributed by atoms with Crippen molar-refractivity contribution in [2.75, 3.05) is 44.3 Å². The average Bonchev–Trinajstić information content (AvgIpc) is 3.47. The van der Waals surface area contributed by atoms with Crippen molar-refractivity contribution in [3.8, 4) is 11.3 Å². The highest BCUT2D eigenvalue weighted by atomic mass is 16.5. The number of likely N-dealkylation sites (tertiary alicyclic amines) is 1. The molecule has 6 rings (SSSR count). The van der Waals surface area contributed by atoms with Gasteiger partial charge in [-0.25, -0.2) is 9.97 Å². The van der Waals surface area contributed by atoms with Crippen LogP contribution in [0.4, 0.5) is 5.95 Å². The predicted octanol–water partition coefficient (Wildman–Crippen LogP) is 2.24. The third kappa shape index (κ3) is 4.03. The molecular formula is C26H27N7O3. The van der Waals surface area contributed by atoms with Crippen LogP contribution in [0.25, 0.3) is 16.9 Å². The first kappa shape index (κ1) is 22.4. The number of amides is 1. The number of carbonyl (C=O) groups excluding carboxylic acids is 2. The number of benzene rings is 1. The zero-order valence-electron chi connectivity index (χ0n) is 20.1. The molecule has 2 aliphatic heterocycles. The Hall–Kier alpha value is -4.05. The summed E-state index contributed by atoms with van der Waals surface area (Å²) in [6.07, 6.45) is 4.50. The van der Waals surface area contributed by atoms with Gasteiger partial charge in [0.25, 0.3) is 5.91 Å². The minimum atomic E-state index is -0.196. The number of hydrogen-bond acceptors (Lipinski definition) is 7. The van der Waals surface area contributed by atoms with Crippen LogP contribution in [0.5, 0.6) is 0 Å². The SMILES string of the molecule is Cn1ncc(C(=O)N2CCC2)c1C(=O)Cc1cc2nc(-c3ccccc3)cn2c(N2CCOCC2)n1. The van der Waals surface area contributed by atoms with Gasteiger partial charge in [0.05, 0.1) is 42.8 Å². The van der Waals surface area contributed by atoms with E-state index in [2.05, 4.69) is 10.00 Å². The molecule has 4 aromatic rings. The number of Topliss-reactive ketones (excluding diaryl/α,β-unsaturated/α-hetero) is 1. The number of fused-ring (bicyclic) bond motifs is 1. The van der Waals surface area contributed by atoms with Gasteiger partial charge in [0.2, 0.25) is 5.95 Å². The third-order valence-corrected chi connectivity index (χ3v) is 6.77. The third-order valence-electron chi connectivity index (χ3n) is 6.77. The van der Waals surface area contributed by atoms with E-state index >= 15 is 0 Å². The van der Waals surface area contributed by atoms with Gasteiger partial charge < -0.3 is 14.5 Å². The predicted molar refractivity (Wildman–Crippen MR) is 133 cm³/mol. The topological polar surface area (TPSA) is 97.9 Å². The lowest BCUT2D eigenvalue weighted by atomic mass is 10.1. The maximum absolute atomic E-state index is 13.5. The summed E-state index contributed by atoms with van der Waals surface area (Å²) in [5, 5.41) is 4.21. The molecule has 0 N–H and O–H groups in total. The monoisotopic (exact) mass is 485 g/mol. The number of rotatable bonds is 6. The zero-order chi connectivity index (χ0) is 24.6. The van der Waals surface area contributed by atoms with E-state index < -0.39 is 0 Å². The second-order valence-electron chi connectivity index (χ2n) is 9.14. The van der Waals surface area contributed by atoms with Gasteiger partial charge in [-0.1, -0.05) is 30.3 Å². The minimum Gasteiger partial charge on any atom is -0.378 e. The Labute approximate surface area is 208 Å². The summed E-state index contributed by atoms with van der Waals surface area (Å²) in [5.41, 5.74) is 3.83. The molecule has 3 aromatic heterocycles. The van der Waals surface area contributed by atoms with E-state index in [1.165, 1.54) is 10.9 Å². The fraction of sp³-hybridized carbons (Fsp3) is 0.346. The van der Waals surface area contributed by atoms with Gasteiger partial charge in [-0.2, -0.15) is 5.10 Å². The van der Waals surface area contributed by atoms with Gasteiger partial charge in [0, 0.05) is 51.1 Å². The van der Waals surface area contributed by atoms with Crippen LogP contribution < -0.4 is 4.90 Å². The first-order valence-electron chi connectivity index (χ1n) is 12.2. The molecule has 0 unspecified atom stereocenters. The smallest absolute Gasteiger partial charge is 0.257 e. The summed E-state index contributed by atoms with van der Waals surface area (Å²) in [7, 11) is 1.69. The number of morpholine rings is 1. The van der Waals surface area contributed by atoms with Crippen LogP contribution in [0, 0.1) is 0 Å². The van der Waals surface area contributed by atoms with Crippen LogP contribution in [0.15, 0.2) is 48.8 Å². The molecule has 0 radical (unpaired) electrons. The number of nitrogens with zero attached hydrogens (tertiary/aromatic N) is 7. The Morgan fingerprint density at radius 1 is 1.03 bits per heavy atom. The van der Waals surface area contributed by atoms with Gasteiger partial charge in [-0.15, -0.1) is 0 Å². The van der Waals surface area contributed by atoms with E-state index in [1.807, 2.05) is 47.0 Å². The molecular weight excluding hydrogens is 458 g/mol. The number of ketones is 1. The fourth-order valence-electron chi connectivity index (χ4n) is 4.71. The fourth-order valence-corrected chi connectivity index (χ4v) is 4.71. The van der Waals surface area contributed by atoms with Crippen molar-refractivity contribution < 1.29 is 14.3 Å². The molecule has 2 saturated heterocycles. The van der Waals surface area contributed by atoms with Crippen LogP contribution in [0.3, 0.4) is 0 Å². The Kier molecular flexibility index (Phi) is 5.73. The molecule has 10 heteroatoms. The summed E-state index contributed by atoms with van der Waals surface area (Å²) < 4.78 is 9.00. The molecule has 0 spiro atoms. The second kappa shape index (κ2) is 9.19. The maximum atomic E-state index is 13.5. The molecule has 0 atom stereocenters. The Morgan fingerprint density at radius 3 is 2.53 bits per heavy atom. The van der Waals surface area contributed by atoms with E-state index in [0.29, 0.717) is 56.3 Å². The van der Waals surface area contributed by atoms with Crippen molar-refractivity contribution >= 4 is 23.3 Å². The van der Waals surface area contributed by atoms with E-state index in [4.69, 9.17) is 14.7 Å². The van der Waals surface area contributed by atoms with Crippen LogP contribution >= 0.6 is 0 Å². The summed E-state index contributed by atoms with van der Waals surface area (Å²) in [6, 6.07) is 11.8. The average molecular weight is 486 g/mol. The lowest BCUT2D eigenvalue weighted by Gasteiger charge is -2.30. The molecule has 5 heterocycles. The van der Waals surface area contributed by atoms with Gasteiger partial charge in [0.15, 0.2) is 5.78 Å². The number of anilines is 1. The number of hydrogen-bond donors (Lipinski definition) is 0. The maximum Gasteiger partial charge on any atom is 0.257 e. The van der Waals surface area contributed by atoms with Gasteiger partial charge in [-0.3, -0.25) is 18.7 Å². The van der Waals surface area contributed by atoms with Crippen molar-refractivity contribution in [1.29, 1.82) is 0 Å². The quantitative estimate of drug-likeness (QED) is 0.386. The molecule has 2 fully saturated rings. The molecule has 2 aliphatic rings. The summed E-state index contributed by atoms with van der Waals surface area (Å²) >= 11 is 0. The van der Waals surface area contributed by atoms with Gasteiger partial charge in [-0.05, 0) is 6.42 Å². The van der Waals surface area contributed by atoms with E-state index in [1.54, 1.807) is 11.9 Å². The van der Waals surface area contributed by atoms with E-state index in [9.17, 15) is 9.59 Å². The second-order valence-corrected chi connectivity index (χ2v) is 9.14. The molecule has 0 aliphatic carbocycles. The molecule has 184 valence electrons. The van der Waals surface area contributed by atoms with Crippen molar-refractivity contribution in [2.24, 2.45) is 7.05 Å². The number of carbonyl (C=O) groups is 2. The molecule has 36 heavy (non-hydrogen) atoms. The van der Waals surface area contributed by atoms with E-state index in [0.717, 1.165) is 29.3 Å². The Morgan fingerprint density at radius 2 is 1.81 bits per heavy atom. The lowest BCUT2D eigenvalue weighted by Crippen LogP contribution is -2.42. The molecule has 1 aromatic carbocycles. The van der Waals surface area contributed by atoms with Crippen LogP contribution in [0.2, 0.25) is 0 Å². The van der Waals surface area contributed by atoms with Crippen LogP contribution in [0.1, 0.15) is 33.0 Å². The summed E-state index contributed by atoms with van der Waals surface area (Å²) in [5.74, 6) is 0.393. The molecule has 0 bridgehead atoms. The Bertz CT molecular complexity index is 1430. The number of aromatic nitrogens is 5. The van der Waals surface area contributed by atoms with Gasteiger partial charge in [0.1, 0.15) is 11.3 Å². The van der Waals surface area contributed by atoms with Gasteiger partial charge >= 0.3 is 0 Å². The first-order chi connectivity index (χ1) is 17.6. The zero-order valence-corrected chi connectivity index (χ0v) is 20.1. The molecule has 10 nitrogen and oxygen atoms in total. The number of imidazole rings is 1. The van der Waals surface area contributed by atoms with Crippen LogP contribution in [-0.2, 0) is 18.2 Å². The summed E-state index contributed by atoms with van der Waals surface area (Å²) in [4.78, 5) is 40.0. The van der Waals surface area contributed by atoms with Crippen molar-refractivity contribution in [1.82, 2.24) is 29.0 Å². The van der Waals surface area contributed by atoms with E-state index in [-0.39, 0.29) is 18.1 Å². The highest BCUT2D eigenvalue weighted by Crippen LogP contribution is 2.25. The highest BCUT2D eigenvalue weighted by molar-refractivity contribution is 6.07. The minimum absolute atomic E-state index is 0.0428. The van der Waals surface area contributed by atoms with Crippen molar-refractivity contribution in [3.63, 3.8) is 0 Å². The summed E-state index contributed by atoms with van der Waals surface area (Å²) in [6.45, 7) is 4.06. The first-order valence-corrected chi connectivity index (χ1v) is 12.2. The normalized spacial score (nSPS) is 15.8. The standard InChI is InChI=1S/C26H27N7O3/c1-30-24(20(16-27-30)25(35)31-8-5-9-31)22(34)14-19-15-23-29-21(18-6-3-2-4-7-18)17-33(23)26(28-19)32-10-12-36-13-11-32/h2-4,6-7,15-17H,5,8-14H2,1H3. The molecule has 1 amide bonds. The lowest BCUT2D eigenvalue weighted by molar-refractivity contribution is 0.0647. The van der Waals surface area contributed by atoms with Crippen LogP contribution in [-0.4, -0.2) is 80.1 Å². The number of ether oxygens (including phenoxy) is 1. The Balaban J connectivity index is 1.37. The van der Waals surface area contributed by atoms with Crippen molar-refractivity contribution in [3.05, 3.63) is 65.7 Å². The largest absolute Gasteiger partial charge is 0.378 e. The number of aryl methyl sites for hydroxylation is 1. The van der Waals surface area contributed by atoms with Crippen molar-refractivity contribution in [2.45, 2.75) is 12.8 Å². The highest BCUT2D eigenvalue weighted by Gasteiger charge is 2.29. The molecule has 0 saturated carbocycles.